The van der Waals surface area contributed by atoms with E-state index in [1.54, 1.807) is 6.07 Å². The summed E-state index contributed by atoms with van der Waals surface area (Å²) in [5.41, 5.74) is 1.65. The number of hydrogen-bond donors (Lipinski definition) is 2. The molecule has 0 atom stereocenters. The van der Waals surface area contributed by atoms with E-state index in [1.807, 2.05) is 18.2 Å². The average molecular weight is 269 g/mol. The molecule has 5 heteroatoms. The fourth-order valence-corrected chi connectivity index (χ4v) is 3.41. The maximum absolute atomic E-state index is 11.8. The monoisotopic (exact) mass is 269 g/mol. The minimum Gasteiger partial charge on any atom is -0.396 e. The van der Waals surface area contributed by atoms with Crippen LogP contribution in [0.4, 0.5) is 5.69 Å². The van der Waals surface area contributed by atoms with Gasteiger partial charge < -0.3 is 5.11 Å². The molecule has 2 N–H and O–H groups in total. The Balaban J connectivity index is 1.99. The summed E-state index contributed by atoms with van der Waals surface area (Å²) in [7, 11) is -3.21. The van der Waals surface area contributed by atoms with Crippen molar-refractivity contribution in [3.63, 3.8) is 0 Å². The molecule has 0 radical (unpaired) electrons. The van der Waals surface area contributed by atoms with Crippen LogP contribution in [0.15, 0.2) is 24.3 Å². The molecular weight excluding hydrogens is 250 g/mol. The van der Waals surface area contributed by atoms with Gasteiger partial charge in [0.1, 0.15) is 0 Å². The van der Waals surface area contributed by atoms with E-state index in [1.165, 1.54) is 0 Å². The second kappa shape index (κ2) is 5.71. The second-order valence-corrected chi connectivity index (χ2v) is 6.62. The van der Waals surface area contributed by atoms with Crippen molar-refractivity contribution in [3.05, 3.63) is 29.8 Å². The summed E-state index contributed by atoms with van der Waals surface area (Å²) in [4.78, 5) is 0. The molecule has 1 saturated carbocycles. The van der Waals surface area contributed by atoms with Crippen molar-refractivity contribution in [1.29, 1.82) is 0 Å². The zero-order valence-corrected chi connectivity index (χ0v) is 11.1. The van der Waals surface area contributed by atoms with Gasteiger partial charge in [0, 0.05) is 12.3 Å². The van der Waals surface area contributed by atoms with Gasteiger partial charge in [0.05, 0.1) is 5.75 Å². The standard InChI is InChI=1S/C13H19NO3S/c15-8-2-4-11-3-1-5-13(9-11)14-18(16,17)10-12-6-7-12/h1,3,5,9,12,14-15H,2,4,6-8,10H2. The molecule has 1 aromatic rings. The van der Waals surface area contributed by atoms with Gasteiger partial charge in [0.2, 0.25) is 10.0 Å². The average Bonchev–Trinajstić information content (AvgIpc) is 3.09. The summed E-state index contributed by atoms with van der Waals surface area (Å²) < 4.78 is 26.3. The second-order valence-electron chi connectivity index (χ2n) is 4.85. The van der Waals surface area contributed by atoms with E-state index in [0.717, 1.165) is 24.8 Å². The molecular formula is C13H19NO3S. The number of rotatable bonds is 7. The fourth-order valence-electron chi connectivity index (χ4n) is 1.89. The number of aliphatic hydroxyl groups is 1. The van der Waals surface area contributed by atoms with Crippen LogP contribution < -0.4 is 4.72 Å². The third-order valence-corrected chi connectivity index (χ3v) is 4.43. The van der Waals surface area contributed by atoms with Crippen molar-refractivity contribution in [3.8, 4) is 0 Å². The third-order valence-electron chi connectivity index (χ3n) is 2.98. The van der Waals surface area contributed by atoms with Gasteiger partial charge in [-0.15, -0.1) is 0 Å². The number of anilines is 1. The number of aryl methyl sites for hydroxylation is 1. The summed E-state index contributed by atoms with van der Waals surface area (Å²) in [6.07, 6.45) is 3.50. The molecule has 0 heterocycles. The Labute approximate surface area is 108 Å². The molecule has 0 aliphatic heterocycles. The van der Waals surface area contributed by atoms with E-state index in [9.17, 15) is 8.42 Å². The topological polar surface area (TPSA) is 66.4 Å². The molecule has 1 fully saturated rings. The highest BCUT2D eigenvalue weighted by Crippen LogP contribution is 2.30. The molecule has 1 aromatic carbocycles. The normalized spacial score (nSPS) is 15.6. The van der Waals surface area contributed by atoms with Crippen molar-refractivity contribution < 1.29 is 13.5 Å². The van der Waals surface area contributed by atoms with Crippen LogP contribution in [0.5, 0.6) is 0 Å². The molecule has 100 valence electrons. The van der Waals surface area contributed by atoms with Gasteiger partial charge in [-0.2, -0.15) is 0 Å². The van der Waals surface area contributed by atoms with Crippen LogP contribution in [0, 0.1) is 5.92 Å². The number of hydrogen-bond acceptors (Lipinski definition) is 3. The predicted octanol–water partition coefficient (Wildman–Crippen LogP) is 1.76. The minimum absolute atomic E-state index is 0.150. The summed E-state index contributed by atoms with van der Waals surface area (Å²) in [5, 5.41) is 8.78. The number of sulfonamides is 1. The first-order chi connectivity index (χ1) is 8.59. The maximum atomic E-state index is 11.8. The van der Waals surface area contributed by atoms with Crippen LogP contribution in [0.3, 0.4) is 0 Å². The van der Waals surface area contributed by atoms with E-state index < -0.39 is 10.0 Å². The molecule has 1 aliphatic rings. The van der Waals surface area contributed by atoms with Gasteiger partial charge >= 0.3 is 0 Å². The SMILES string of the molecule is O=S(=O)(CC1CC1)Nc1cccc(CCCO)c1. The van der Waals surface area contributed by atoms with Gasteiger partial charge in [-0.1, -0.05) is 12.1 Å². The lowest BCUT2D eigenvalue weighted by Gasteiger charge is -2.09. The quantitative estimate of drug-likeness (QED) is 0.792. The van der Waals surface area contributed by atoms with Crippen LogP contribution in [0.1, 0.15) is 24.8 Å². The van der Waals surface area contributed by atoms with E-state index in [0.29, 0.717) is 18.0 Å². The molecule has 2 rings (SSSR count). The first-order valence-electron chi connectivity index (χ1n) is 6.29. The summed E-state index contributed by atoms with van der Waals surface area (Å²) in [6.45, 7) is 0.150. The van der Waals surface area contributed by atoms with Crippen LogP contribution in [-0.4, -0.2) is 25.9 Å². The Morgan fingerprint density at radius 3 is 2.78 bits per heavy atom. The molecule has 4 nitrogen and oxygen atoms in total. The summed E-state index contributed by atoms with van der Waals surface area (Å²) in [5.74, 6) is 0.577. The molecule has 0 amide bonds. The van der Waals surface area contributed by atoms with Gasteiger partial charge in [-0.05, 0) is 49.3 Å². The molecule has 0 spiro atoms. The van der Waals surface area contributed by atoms with Gasteiger partial charge in [0.15, 0.2) is 0 Å². The van der Waals surface area contributed by atoms with E-state index in [4.69, 9.17) is 5.11 Å². The first kappa shape index (κ1) is 13.4. The van der Waals surface area contributed by atoms with Crippen LogP contribution >= 0.6 is 0 Å². The first-order valence-corrected chi connectivity index (χ1v) is 7.94. The highest BCUT2D eigenvalue weighted by Gasteiger charge is 2.27. The number of aliphatic hydroxyl groups excluding tert-OH is 1. The van der Waals surface area contributed by atoms with Gasteiger partial charge in [0.25, 0.3) is 0 Å². The van der Waals surface area contributed by atoms with Crippen molar-refractivity contribution in [1.82, 2.24) is 0 Å². The van der Waals surface area contributed by atoms with E-state index >= 15 is 0 Å². The Kier molecular flexibility index (Phi) is 4.24. The van der Waals surface area contributed by atoms with Crippen molar-refractivity contribution >= 4 is 15.7 Å². The molecule has 0 unspecified atom stereocenters. The summed E-state index contributed by atoms with van der Waals surface area (Å²) >= 11 is 0. The largest absolute Gasteiger partial charge is 0.396 e. The Hall–Kier alpha value is -1.07. The molecule has 0 bridgehead atoms. The number of benzene rings is 1. The van der Waals surface area contributed by atoms with Crippen LogP contribution in [0.2, 0.25) is 0 Å². The predicted molar refractivity (Wildman–Crippen MR) is 72.0 cm³/mol. The van der Waals surface area contributed by atoms with E-state index in [-0.39, 0.29) is 12.4 Å². The Bertz CT molecular complexity index is 495. The molecule has 0 aromatic heterocycles. The summed E-state index contributed by atoms with van der Waals surface area (Å²) in [6, 6.07) is 7.36. The Morgan fingerprint density at radius 2 is 2.11 bits per heavy atom. The van der Waals surface area contributed by atoms with Gasteiger partial charge in [-0.3, -0.25) is 4.72 Å². The molecule has 18 heavy (non-hydrogen) atoms. The third kappa shape index (κ3) is 4.31. The lowest BCUT2D eigenvalue weighted by atomic mass is 10.1. The molecule has 0 saturated heterocycles. The van der Waals surface area contributed by atoms with Crippen molar-refractivity contribution in [2.75, 3.05) is 17.1 Å². The van der Waals surface area contributed by atoms with Gasteiger partial charge in [-0.25, -0.2) is 8.42 Å². The van der Waals surface area contributed by atoms with Crippen LogP contribution in [0.25, 0.3) is 0 Å². The van der Waals surface area contributed by atoms with Crippen molar-refractivity contribution in [2.45, 2.75) is 25.7 Å². The zero-order chi connectivity index (χ0) is 13.0. The zero-order valence-electron chi connectivity index (χ0n) is 10.3. The van der Waals surface area contributed by atoms with E-state index in [2.05, 4.69) is 4.72 Å². The maximum Gasteiger partial charge on any atom is 0.232 e. The lowest BCUT2D eigenvalue weighted by molar-refractivity contribution is 0.288. The Morgan fingerprint density at radius 1 is 1.33 bits per heavy atom. The molecule has 1 aliphatic carbocycles. The highest BCUT2D eigenvalue weighted by atomic mass is 32.2. The van der Waals surface area contributed by atoms with Crippen molar-refractivity contribution in [2.24, 2.45) is 5.92 Å². The highest BCUT2D eigenvalue weighted by molar-refractivity contribution is 7.92. The fraction of sp³-hybridized carbons (Fsp3) is 0.538. The minimum atomic E-state index is -3.21. The van der Waals surface area contributed by atoms with Crippen LogP contribution in [-0.2, 0) is 16.4 Å². The number of nitrogens with one attached hydrogen (secondary N) is 1. The smallest absolute Gasteiger partial charge is 0.232 e. The lowest BCUT2D eigenvalue weighted by Crippen LogP contribution is -2.17.